The molecule has 7 nitrogen and oxygen atoms in total. The summed E-state index contributed by atoms with van der Waals surface area (Å²) >= 11 is 1.36. The first-order valence-electron chi connectivity index (χ1n) is 9.97. The van der Waals surface area contributed by atoms with Crippen LogP contribution >= 0.6 is 11.8 Å². The van der Waals surface area contributed by atoms with Gasteiger partial charge in [0.1, 0.15) is 0 Å². The summed E-state index contributed by atoms with van der Waals surface area (Å²) in [5, 5.41) is 12.2. The number of anilines is 1. The summed E-state index contributed by atoms with van der Waals surface area (Å²) in [5.41, 5.74) is 3.00. The van der Waals surface area contributed by atoms with Gasteiger partial charge >= 0.3 is 0 Å². The van der Waals surface area contributed by atoms with Gasteiger partial charge in [0.2, 0.25) is 5.91 Å². The lowest BCUT2D eigenvalue weighted by Gasteiger charge is -2.11. The Morgan fingerprint density at radius 3 is 2.57 bits per heavy atom. The van der Waals surface area contributed by atoms with E-state index in [2.05, 4.69) is 46.5 Å². The van der Waals surface area contributed by atoms with Gasteiger partial charge in [0.25, 0.3) is 0 Å². The molecule has 30 heavy (non-hydrogen) atoms. The molecule has 0 saturated carbocycles. The maximum absolute atomic E-state index is 12.4. The highest BCUT2D eigenvalue weighted by Gasteiger charge is 2.16. The number of carbonyl (C=O) groups is 1. The monoisotopic (exact) mass is 425 g/mol. The molecule has 0 aliphatic rings. The van der Waals surface area contributed by atoms with Crippen molar-refractivity contribution in [2.45, 2.75) is 37.9 Å². The molecule has 3 rings (SSSR count). The van der Waals surface area contributed by atoms with Crippen LogP contribution in [0.2, 0.25) is 0 Å². The average molecular weight is 426 g/mol. The normalized spacial score (nSPS) is 12.0. The zero-order valence-electron chi connectivity index (χ0n) is 17.5. The van der Waals surface area contributed by atoms with Crippen molar-refractivity contribution in [3.8, 4) is 11.4 Å². The Morgan fingerprint density at radius 1 is 1.17 bits per heavy atom. The lowest BCUT2D eigenvalue weighted by atomic mass is 9.99. The van der Waals surface area contributed by atoms with E-state index in [-0.39, 0.29) is 11.7 Å². The molecule has 158 valence electrons. The van der Waals surface area contributed by atoms with Gasteiger partial charge in [-0.25, -0.2) is 0 Å². The van der Waals surface area contributed by atoms with Crippen LogP contribution in [-0.4, -0.2) is 45.1 Å². The van der Waals surface area contributed by atoms with Crippen molar-refractivity contribution < 1.29 is 9.53 Å². The number of thioether (sulfide) groups is 1. The number of methoxy groups -OCH3 is 1. The minimum atomic E-state index is -0.0805. The number of nitrogens with zero attached hydrogens (tertiary/aromatic N) is 4. The summed E-state index contributed by atoms with van der Waals surface area (Å²) in [5.74, 6) is 1.41. The van der Waals surface area contributed by atoms with Crippen LogP contribution in [0.1, 0.15) is 31.7 Å². The van der Waals surface area contributed by atoms with Crippen molar-refractivity contribution in [3.05, 3.63) is 54.4 Å². The Labute approximate surface area is 181 Å². The highest BCUT2D eigenvalue weighted by Crippen LogP contribution is 2.24. The molecule has 1 atom stereocenters. The first-order valence-corrected chi connectivity index (χ1v) is 11.0. The molecule has 0 aliphatic carbocycles. The van der Waals surface area contributed by atoms with E-state index in [1.54, 1.807) is 19.5 Å². The van der Waals surface area contributed by atoms with Crippen molar-refractivity contribution in [3.63, 3.8) is 0 Å². The third kappa shape index (κ3) is 5.67. The van der Waals surface area contributed by atoms with Crippen LogP contribution in [0.4, 0.5) is 5.69 Å². The molecule has 1 amide bonds. The second-order valence-corrected chi connectivity index (χ2v) is 7.90. The minimum Gasteiger partial charge on any atom is -0.383 e. The van der Waals surface area contributed by atoms with Crippen LogP contribution < -0.4 is 5.32 Å². The molecule has 1 N–H and O–H groups in total. The average Bonchev–Trinajstić information content (AvgIpc) is 3.19. The maximum Gasteiger partial charge on any atom is 0.234 e. The lowest BCUT2D eigenvalue weighted by molar-refractivity contribution is -0.113. The van der Waals surface area contributed by atoms with Gasteiger partial charge in [-0.2, -0.15) is 0 Å². The Hall–Kier alpha value is -2.71. The molecular weight excluding hydrogens is 398 g/mol. The number of rotatable bonds is 10. The van der Waals surface area contributed by atoms with E-state index in [1.165, 1.54) is 17.3 Å². The predicted octanol–water partition coefficient (Wildman–Crippen LogP) is 4.23. The second kappa shape index (κ2) is 10.9. The fraction of sp³-hybridized carbons (Fsp3) is 0.364. The van der Waals surface area contributed by atoms with E-state index in [0.717, 1.165) is 23.5 Å². The number of benzene rings is 1. The lowest BCUT2D eigenvalue weighted by Crippen LogP contribution is -2.15. The Morgan fingerprint density at radius 2 is 1.90 bits per heavy atom. The molecule has 3 aromatic rings. The van der Waals surface area contributed by atoms with E-state index in [1.807, 2.05) is 28.8 Å². The quantitative estimate of drug-likeness (QED) is 0.490. The fourth-order valence-corrected chi connectivity index (χ4v) is 3.72. The topological polar surface area (TPSA) is 81.9 Å². The van der Waals surface area contributed by atoms with Gasteiger partial charge < -0.3 is 10.1 Å². The largest absolute Gasteiger partial charge is 0.383 e. The summed E-state index contributed by atoms with van der Waals surface area (Å²) < 4.78 is 7.19. The number of ether oxygens (including phenoxy) is 1. The first kappa shape index (κ1) is 22.0. The Kier molecular flexibility index (Phi) is 7.98. The van der Waals surface area contributed by atoms with E-state index in [4.69, 9.17) is 4.74 Å². The Bertz CT molecular complexity index is 944. The van der Waals surface area contributed by atoms with Crippen LogP contribution in [0.3, 0.4) is 0 Å². The van der Waals surface area contributed by atoms with Crippen LogP contribution in [0.25, 0.3) is 11.4 Å². The van der Waals surface area contributed by atoms with Crippen LogP contribution in [0.15, 0.2) is 53.9 Å². The minimum absolute atomic E-state index is 0.0805. The highest BCUT2D eigenvalue weighted by molar-refractivity contribution is 7.99. The number of carbonyl (C=O) groups excluding carboxylic acids is 1. The molecule has 8 heteroatoms. The standard InChI is InChI=1S/C22H27N5O2S/c1-4-16(2)17-5-7-19(8-6-17)24-20(28)15-30-22-26-25-21(27(22)13-14-29-3)18-9-11-23-12-10-18/h5-12,16H,4,13-15H2,1-3H3,(H,24,28)/t16-/m0/s1. The second-order valence-electron chi connectivity index (χ2n) is 6.95. The van der Waals surface area contributed by atoms with Crippen LogP contribution in [0, 0.1) is 0 Å². The molecule has 1 aromatic carbocycles. The van der Waals surface area contributed by atoms with Crippen molar-refractivity contribution in [1.82, 2.24) is 19.7 Å². The number of pyridine rings is 1. The zero-order valence-corrected chi connectivity index (χ0v) is 18.4. The molecule has 0 saturated heterocycles. The summed E-state index contributed by atoms with van der Waals surface area (Å²) in [6.45, 7) is 5.49. The molecule has 0 fully saturated rings. The van der Waals surface area contributed by atoms with Gasteiger partial charge in [-0.1, -0.05) is 37.7 Å². The summed E-state index contributed by atoms with van der Waals surface area (Å²) in [7, 11) is 1.66. The van der Waals surface area contributed by atoms with E-state index in [9.17, 15) is 4.79 Å². The van der Waals surface area contributed by atoms with Crippen LogP contribution in [0.5, 0.6) is 0 Å². The van der Waals surface area contributed by atoms with E-state index >= 15 is 0 Å². The molecule has 2 heterocycles. The van der Waals surface area contributed by atoms with Crippen molar-refractivity contribution >= 4 is 23.4 Å². The number of hydrogen-bond donors (Lipinski definition) is 1. The van der Waals surface area contributed by atoms with Gasteiger partial charge in [0.15, 0.2) is 11.0 Å². The molecule has 0 radical (unpaired) electrons. The number of hydrogen-bond acceptors (Lipinski definition) is 6. The molecule has 2 aromatic heterocycles. The molecule has 0 unspecified atom stereocenters. The van der Waals surface area contributed by atoms with Gasteiger partial charge in [0, 0.05) is 30.8 Å². The van der Waals surface area contributed by atoms with E-state index in [0.29, 0.717) is 24.2 Å². The smallest absolute Gasteiger partial charge is 0.234 e. The van der Waals surface area contributed by atoms with Crippen molar-refractivity contribution in [1.29, 1.82) is 0 Å². The van der Waals surface area contributed by atoms with Gasteiger partial charge in [-0.05, 0) is 42.2 Å². The maximum atomic E-state index is 12.4. The van der Waals surface area contributed by atoms with Crippen molar-refractivity contribution in [2.75, 3.05) is 24.8 Å². The molecule has 0 aliphatic heterocycles. The number of amides is 1. The van der Waals surface area contributed by atoms with Crippen LogP contribution in [-0.2, 0) is 16.1 Å². The number of nitrogens with one attached hydrogen (secondary N) is 1. The van der Waals surface area contributed by atoms with Gasteiger partial charge in [0.05, 0.1) is 18.9 Å². The molecule has 0 spiro atoms. The van der Waals surface area contributed by atoms with Crippen molar-refractivity contribution in [2.24, 2.45) is 0 Å². The molecule has 0 bridgehead atoms. The third-order valence-electron chi connectivity index (χ3n) is 4.88. The summed E-state index contributed by atoms with van der Waals surface area (Å²) in [6, 6.07) is 11.8. The predicted molar refractivity (Wildman–Crippen MR) is 120 cm³/mol. The zero-order chi connectivity index (χ0) is 21.3. The Balaban J connectivity index is 1.64. The fourth-order valence-electron chi connectivity index (χ4n) is 2.95. The molecular formula is C22H27N5O2S. The van der Waals surface area contributed by atoms with Gasteiger partial charge in [-0.15, -0.1) is 10.2 Å². The first-order chi connectivity index (χ1) is 14.6. The SMILES string of the molecule is CC[C@H](C)c1ccc(NC(=O)CSc2nnc(-c3ccncc3)n2CCOC)cc1. The summed E-state index contributed by atoms with van der Waals surface area (Å²) in [4.78, 5) is 16.5. The van der Waals surface area contributed by atoms with E-state index < -0.39 is 0 Å². The third-order valence-corrected chi connectivity index (χ3v) is 5.85. The summed E-state index contributed by atoms with van der Waals surface area (Å²) in [6.07, 6.45) is 4.53. The highest BCUT2D eigenvalue weighted by atomic mass is 32.2. The van der Waals surface area contributed by atoms with Gasteiger partial charge in [-0.3, -0.25) is 14.3 Å². The number of aromatic nitrogens is 4.